The van der Waals surface area contributed by atoms with Crippen LogP contribution >= 0.6 is 0 Å². The van der Waals surface area contributed by atoms with Gasteiger partial charge >= 0.3 is 0 Å². The van der Waals surface area contributed by atoms with Gasteiger partial charge in [0.2, 0.25) is 0 Å². The number of likely N-dealkylation sites (tertiary alicyclic amines) is 1. The topological polar surface area (TPSA) is 43.7 Å². The molecule has 1 aliphatic carbocycles. The Balaban J connectivity index is 1.81. The molecule has 2 rings (SSSR count). The van der Waals surface area contributed by atoms with Gasteiger partial charge in [-0.2, -0.15) is 0 Å². The van der Waals surface area contributed by atoms with Crippen LogP contribution in [0, 0.1) is 5.92 Å². The second-order valence-electron chi connectivity index (χ2n) is 5.24. The van der Waals surface area contributed by atoms with E-state index in [9.17, 15) is 10.2 Å². The maximum absolute atomic E-state index is 9.80. The minimum Gasteiger partial charge on any atom is -0.393 e. The van der Waals surface area contributed by atoms with Crippen LogP contribution in [-0.4, -0.2) is 46.5 Å². The van der Waals surface area contributed by atoms with Crippen LogP contribution in [0.15, 0.2) is 0 Å². The molecule has 0 spiro atoms. The largest absolute Gasteiger partial charge is 0.393 e. The van der Waals surface area contributed by atoms with E-state index in [0.717, 1.165) is 45.3 Å². The number of β-amino-alcohol motifs (C(OH)–C–C–N with tert-alkyl or cyclic N) is 1. The van der Waals surface area contributed by atoms with Gasteiger partial charge < -0.3 is 15.1 Å². The summed E-state index contributed by atoms with van der Waals surface area (Å²) in [5.41, 5.74) is -0.496. The van der Waals surface area contributed by atoms with E-state index in [-0.39, 0.29) is 6.10 Å². The first-order valence-electron chi connectivity index (χ1n) is 5.70. The third-order valence-corrected chi connectivity index (χ3v) is 3.64. The van der Waals surface area contributed by atoms with Crippen molar-refractivity contribution < 1.29 is 10.2 Å². The first-order chi connectivity index (χ1) is 6.57. The van der Waals surface area contributed by atoms with Crippen molar-refractivity contribution in [2.24, 2.45) is 5.92 Å². The number of nitrogens with zero attached hydrogens (tertiary/aromatic N) is 1. The van der Waals surface area contributed by atoms with Crippen molar-refractivity contribution in [1.82, 2.24) is 4.90 Å². The lowest BCUT2D eigenvalue weighted by Crippen LogP contribution is -2.34. The lowest BCUT2D eigenvalue weighted by atomic mass is 10.1. The summed E-state index contributed by atoms with van der Waals surface area (Å²) in [6, 6.07) is 0. The van der Waals surface area contributed by atoms with Crippen LogP contribution in [-0.2, 0) is 0 Å². The average molecular weight is 199 g/mol. The van der Waals surface area contributed by atoms with Crippen molar-refractivity contribution in [2.75, 3.05) is 19.6 Å². The molecule has 2 N–H and O–H groups in total. The molecule has 3 heteroatoms. The smallest absolute Gasteiger partial charge is 0.0758 e. The van der Waals surface area contributed by atoms with Crippen molar-refractivity contribution >= 4 is 0 Å². The fraction of sp³-hybridized carbons (Fsp3) is 1.00. The highest BCUT2D eigenvalue weighted by Gasteiger charge is 2.34. The summed E-state index contributed by atoms with van der Waals surface area (Å²) in [7, 11) is 0. The quantitative estimate of drug-likeness (QED) is 0.684. The van der Waals surface area contributed by atoms with Gasteiger partial charge in [-0.1, -0.05) is 6.42 Å². The number of hydrogen-bond acceptors (Lipinski definition) is 3. The van der Waals surface area contributed by atoms with Gasteiger partial charge in [0.05, 0.1) is 11.7 Å². The number of rotatable bonds is 2. The molecule has 0 radical (unpaired) electrons. The zero-order valence-corrected chi connectivity index (χ0v) is 8.95. The van der Waals surface area contributed by atoms with Gasteiger partial charge in [0, 0.05) is 19.6 Å². The van der Waals surface area contributed by atoms with Crippen LogP contribution in [0.2, 0.25) is 0 Å². The van der Waals surface area contributed by atoms with E-state index in [2.05, 4.69) is 4.90 Å². The van der Waals surface area contributed by atoms with Gasteiger partial charge in [0.1, 0.15) is 0 Å². The molecule has 1 heterocycles. The van der Waals surface area contributed by atoms with Crippen molar-refractivity contribution in [3.63, 3.8) is 0 Å². The molecule has 0 aromatic rings. The van der Waals surface area contributed by atoms with E-state index >= 15 is 0 Å². The van der Waals surface area contributed by atoms with Crippen LogP contribution in [0.4, 0.5) is 0 Å². The van der Waals surface area contributed by atoms with Gasteiger partial charge in [-0.05, 0) is 32.1 Å². The fourth-order valence-electron chi connectivity index (χ4n) is 2.76. The summed E-state index contributed by atoms with van der Waals surface area (Å²) in [5.74, 6) is 0.448. The van der Waals surface area contributed by atoms with E-state index in [4.69, 9.17) is 0 Å². The lowest BCUT2D eigenvalue weighted by Gasteiger charge is -2.23. The number of aliphatic hydroxyl groups excluding tert-OH is 1. The Hall–Kier alpha value is -0.120. The Kier molecular flexibility index (Phi) is 2.82. The molecule has 3 nitrogen and oxygen atoms in total. The molecule has 3 atom stereocenters. The molecular formula is C11H21NO2. The second kappa shape index (κ2) is 3.80. The predicted octanol–water partition coefficient (Wildman–Crippen LogP) is 0.604. The van der Waals surface area contributed by atoms with E-state index in [1.54, 1.807) is 0 Å². The van der Waals surface area contributed by atoms with Crippen molar-refractivity contribution in [2.45, 2.75) is 44.3 Å². The summed E-state index contributed by atoms with van der Waals surface area (Å²) in [5, 5.41) is 19.5. The Morgan fingerprint density at radius 2 is 2.21 bits per heavy atom. The summed E-state index contributed by atoms with van der Waals surface area (Å²) >= 11 is 0. The molecule has 3 unspecified atom stereocenters. The molecule has 1 saturated heterocycles. The van der Waals surface area contributed by atoms with Gasteiger partial charge in [0.25, 0.3) is 0 Å². The Labute approximate surface area is 85.7 Å². The zero-order chi connectivity index (χ0) is 10.2. The van der Waals surface area contributed by atoms with E-state index in [0.29, 0.717) is 5.92 Å². The number of hydrogen-bond donors (Lipinski definition) is 2. The summed E-state index contributed by atoms with van der Waals surface area (Å²) in [6.07, 6.45) is 4.06. The molecule has 82 valence electrons. The van der Waals surface area contributed by atoms with Gasteiger partial charge in [-0.25, -0.2) is 0 Å². The van der Waals surface area contributed by atoms with Crippen molar-refractivity contribution in [1.29, 1.82) is 0 Å². The molecule has 0 aromatic carbocycles. The Morgan fingerprint density at radius 1 is 1.43 bits per heavy atom. The molecule has 2 aliphatic rings. The summed E-state index contributed by atoms with van der Waals surface area (Å²) < 4.78 is 0. The SMILES string of the molecule is CC1(O)CCN(CC2CCCC2O)C1. The molecule has 14 heavy (non-hydrogen) atoms. The van der Waals surface area contributed by atoms with Crippen LogP contribution < -0.4 is 0 Å². The summed E-state index contributed by atoms with van der Waals surface area (Å²) in [6.45, 7) is 4.63. The maximum atomic E-state index is 9.80. The molecular weight excluding hydrogens is 178 g/mol. The average Bonchev–Trinajstić information content (AvgIpc) is 2.61. The van der Waals surface area contributed by atoms with E-state index in [1.165, 1.54) is 0 Å². The van der Waals surface area contributed by atoms with E-state index < -0.39 is 5.60 Å². The molecule has 1 aliphatic heterocycles. The first kappa shape index (κ1) is 10.4. The second-order valence-corrected chi connectivity index (χ2v) is 5.24. The van der Waals surface area contributed by atoms with Gasteiger partial charge in [-0.15, -0.1) is 0 Å². The highest BCUT2D eigenvalue weighted by Crippen LogP contribution is 2.29. The van der Waals surface area contributed by atoms with E-state index in [1.807, 2.05) is 6.92 Å². The standard InChI is InChI=1S/C11H21NO2/c1-11(14)5-6-12(8-11)7-9-3-2-4-10(9)13/h9-10,13-14H,2-8H2,1H3. The minimum atomic E-state index is -0.496. The molecule has 2 fully saturated rings. The first-order valence-corrected chi connectivity index (χ1v) is 5.70. The van der Waals surface area contributed by atoms with Gasteiger partial charge in [-0.3, -0.25) is 0 Å². The maximum Gasteiger partial charge on any atom is 0.0758 e. The van der Waals surface area contributed by atoms with Gasteiger partial charge in [0.15, 0.2) is 0 Å². The normalized spacial score (nSPS) is 44.8. The molecule has 1 saturated carbocycles. The molecule has 0 bridgehead atoms. The van der Waals surface area contributed by atoms with Crippen LogP contribution in [0.1, 0.15) is 32.6 Å². The third kappa shape index (κ3) is 2.27. The van der Waals surface area contributed by atoms with Crippen molar-refractivity contribution in [3.05, 3.63) is 0 Å². The monoisotopic (exact) mass is 199 g/mol. The highest BCUT2D eigenvalue weighted by atomic mass is 16.3. The summed E-state index contributed by atoms with van der Waals surface area (Å²) in [4.78, 5) is 2.29. The zero-order valence-electron chi connectivity index (χ0n) is 8.95. The number of aliphatic hydroxyl groups is 2. The van der Waals surface area contributed by atoms with Crippen LogP contribution in [0.3, 0.4) is 0 Å². The van der Waals surface area contributed by atoms with Crippen LogP contribution in [0.25, 0.3) is 0 Å². The minimum absolute atomic E-state index is 0.0967. The Bertz CT molecular complexity index is 205. The third-order valence-electron chi connectivity index (χ3n) is 3.64. The highest BCUT2D eigenvalue weighted by molar-refractivity contribution is 4.88. The fourth-order valence-corrected chi connectivity index (χ4v) is 2.76. The van der Waals surface area contributed by atoms with Crippen molar-refractivity contribution in [3.8, 4) is 0 Å². The lowest BCUT2D eigenvalue weighted by molar-refractivity contribution is 0.0590. The molecule has 0 amide bonds. The predicted molar refractivity (Wildman–Crippen MR) is 55.0 cm³/mol. The van der Waals surface area contributed by atoms with Crippen LogP contribution in [0.5, 0.6) is 0 Å². The Morgan fingerprint density at radius 3 is 2.71 bits per heavy atom. The molecule has 0 aromatic heterocycles.